The van der Waals surface area contributed by atoms with E-state index in [9.17, 15) is 13.6 Å². The van der Waals surface area contributed by atoms with Crippen molar-refractivity contribution >= 4 is 22.4 Å². The highest BCUT2D eigenvalue weighted by molar-refractivity contribution is 7.15. The second kappa shape index (κ2) is 5.36. The molecule has 0 aliphatic carbocycles. The van der Waals surface area contributed by atoms with Crippen LogP contribution in [0, 0.1) is 11.6 Å². The number of phenols is 1. The quantitative estimate of drug-likeness (QED) is 0.893. The topological polar surface area (TPSA) is 75.1 Å². The lowest BCUT2D eigenvalue weighted by atomic mass is 9.98. The molecule has 1 aromatic carbocycles. The second-order valence-corrected chi connectivity index (χ2v) is 6.35. The molecule has 2 rings (SSSR count). The van der Waals surface area contributed by atoms with Gasteiger partial charge in [0.15, 0.2) is 17.4 Å². The maximum Gasteiger partial charge on any atom is 0.260 e. The molecule has 1 aromatic heterocycles. The van der Waals surface area contributed by atoms with E-state index in [1.807, 2.05) is 20.8 Å². The predicted octanol–water partition coefficient (Wildman–Crippen LogP) is 3.07. The van der Waals surface area contributed by atoms with E-state index in [0.717, 1.165) is 23.5 Å². The van der Waals surface area contributed by atoms with Gasteiger partial charge in [0, 0.05) is 5.41 Å². The number of nitrogens with zero attached hydrogens (tertiary/aromatic N) is 2. The van der Waals surface area contributed by atoms with Crippen molar-refractivity contribution in [1.82, 2.24) is 10.2 Å². The van der Waals surface area contributed by atoms with E-state index in [2.05, 4.69) is 15.5 Å². The van der Waals surface area contributed by atoms with Crippen molar-refractivity contribution in [2.24, 2.45) is 0 Å². The molecule has 2 N–H and O–H groups in total. The maximum absolute atomic E-state index is 13.6. The first-order chi connectivity index (χ1) is 9.70. The van der Waals surface area contributed by atoms with Gasteiger partial charge in [-0.25, -0.2) is 8.78 Å². The van der Waals surface area contributed by atoms with Gasteiger partial charge in [0.2, 0.25) is 5.13 Å². The number of halogens is 2. The number of hydrogen-bond donors (Lipinski definition) is 2. The predicted molar refractivity (Wildman–Crippen MR) is 74.6 cm³/mol. The molecule has 0 bridgehead atoms. The average Bonchev–Trinajstić information content (AvgIpc) is 2.84. The van der Waals surface area contributed by atoms with Gasteiger partial charge < -0.3 is 5.11 Å². The molecule has 0 aliphatic rings. The average molecular weight is 313 g/mol. The lowest BCUT2D eigenvalue weighted by Gasteiger charge is -2.12. The van der Waals surface area contributed by atoms with E-state index >= 15 is 0 Å². The van der Waals surface area contributed by atoms with Crippen molar-refractivity contribution in [2.75, 3.05) is 5.32 Å². The summed E-state index contributed by atoms with van der Waals surface area (Å²) in [6.45, 7) is 5.82. The number of phenolic OH excluding ortho intramolecular Hbond substituents is 1. The summed E-state index contributed by atoms with van der Waals surface area (Å²) >= 11 is 1.16. The largest absolute Gasteiger partial charge is 0.503 e. The molecule has 0 radical (unpaired) electrons. The van der Waals surface area contributed by atoms with E-state index in [4.69, 9.17) is 5.11 Å². The molecule has 0 fully saturated rings. The summed E-state index contributed by atoms with van der Waals surface area (Å²) in [7, 11) is 0. The van der Waals surface area contributed by atoms with Gasteiger partial charge in [0.05, 0.1) is 5.56 Å². The van der Waals surface area contributed by atoms with Crippen LogP contribution >= 0.6 is 11.3 Å². The molecule has 0 saturated carbocycles. The minimum atomic E-state index is -1.31. The van der Waals surface area contributed by atoms with Gasteiger partial charge in [0.1, 0.15) is 5.01 Å². The molecule has 21 heavy (non-hydrogen) atoms. The minimum Gasteiger partial charge on any atom is -0.503 e. The Labute approximate surface area is 123 Å². The smallest absolute Gasteiger partial charge is 0.260 e. The highest BCUT2D eigenvalue weighted by atomic mass is 32.1. The van der Waals surface area contributed by atoms with Gasteiger partial charge in [-0.1, -0.05) is 32.1 Å². The zero-order valence-electron chi connectivity index (χ0n) is 11.6. The fraction of sp³-hybridized carbons (Fsp3) is 0.308. The summed E-state index contributed by atoms with van der Waals surface area (Å²) in [6, 6.07) is 1.76. The molecule has 0 unspecified atom stereocenters. The van der Waals surface area contributed by atoms with Gasteiger partial charge in [0.25, 0.3) is 5.91 Å². The van der Waals surface area contributed by atoms with Crippen molar-refractivity contribution in [1.29, 1.82) is 0 Å². The highest BCUT2D eigenvalue weighted by Gasteiger charge is 2.22. The van der Waals surface area contributed by atoms with Crippen molar-refractivity contribution in [3.8, 4) is 5.75 Å². The highest BCUT2D eigenvalue weighted by Crippen LogP contribution is 2.28. The Morgan fingerprint density at radius 2 is 1.95 bits per heavy atom. The minimum absolute atomic E-state index is 0.202. The van der Waals surface area contributed by atoms with E-state index in [-0.39, 0.29) is 10.5 Å². The van der Waals surface area contributed by atoms with E-state index in [1.54, 1.807) is 0 Å². The van der Waals surface area contributed by atoms with Gasteiger partial charge >= 0.3 is 0 Å². The summed E-state index contributed by atoms with van der Waals surface area (Å²) < 4.78 is 26.6. The third-order valence-corrected chi connectivity index (χ3v) is 3.86. The lowest BCUT2D eigenvalue weighted by Crippen LogP contribution is -2.14. The molecule has 1 amide bonds. The normalized spacial score (nSPS) is 11.5. The van der Waals surface area contributed by atoms with Crippen LogP contribution in [0.5, 0.6) is 5.75 Å². The van der Waals surface area contributed by atoms with Crippen molar-refractivity contribution in [3.05, 3.63) is 34.3 Å². The maximum atomic E-state index is 13.6. The Bertz CT molecular complexity index is 695. The van der Waals surface area contributed by atoms with Crippen LogP contribution in [0.2, 0.25) is 0 Å². The number of rotatable bonds is 2. The summed E-state index contributed by atoms with van der Waals surface area (Å²) in [5.74, 6) is -4.46. The molecule has 0 aliphatic heterocycles. The number of carbonyl (C=O) groups is 1. The molecule has 112 valence electrons. The Morgan fingerprint density at radius 3 is 2.52 bits per heavy atom. The van der Waals surface area contributed by atoms with E-state index < -0.39 is 28.9 Å². The summed E-state index contributed by atoms with van der Waals surface area (Å²) in [6.07, 6.45) is 0. The van der Waals surface area contributed by atoms with Gasteiger partial charge in [-0.3, -0.25) is 10.1 Å². The zero-order chi connectivity index (χ0) is 15.8. The first-order valence-electron chi connectivity index (χ1n) is 6.02. The Hall–Kier alpha value is -2.09. The molecule has 8 heteroatoms. The van der Waals surface area contributed by atoms with Crippen LogP contribution in [0.1, 0.15) is 36.1 Å². The molecule has 0 spiro atoms. The van der Waals surface area contributed by atoms with Gasteiger partial charge in [-0.2, -0.15) is 0 Å². The van der Waals surface area contributed by atoms with Crippen LogP contribution in [0.4, 0.5) is 13.9 Å². The first kappa shape index (κ1) is 15.3. The third kappa shape index (κ3) is 3.15. The van der Waals surface area contributed by atoms with Crippen LogP contribution in [0.25, 0.3) is 0 Å². The van der Waals surface area contributed by atoms with Crippen LogP contribution in [-0.2, 0) is 5.41 Å². The molecule has 1 heterocycles. The molecule has 2 aromatic rings. The molecule has 0 saturated heterocycles. The van der Waals surface area contributed by atoms with E-state index in [0.29, 0.717) is 5.01 Å². The Morgan fingerprint density at radius 1 is 1.29 bits per heavy atom. The lowest BCUT2D eigenvalue weighted by molar-refractivity contribution is 0.102. The fourth-order valence-electron chi connectivity index (χ4n) is 1.46. The molecular weight excluding hydrogens is 300 g/mol. The number of anilines is 1. The zero-order valence-corrected chi connectivity index (χ0v) is 12.4. The van der Waals surface area contributed by atoms with Gasteiger partial charge in [-0.05, 0) is 12.1 Å². The number of nitrogens with one attached hydrogen (secondary N) is 1. The number of hydrogen-bond acceptors (Lipinski definition) is 5. The molecular formula is C13H13F2N3O2S. The second-order valence-electron chi connectivity index (χ2n) is 5.37. The Balaban J connectivity index is 2.23. The summed E-state index contributed by atoms with van der Waals surface area (Å²) in [4.78, 5) is 11.9. The van der Waals surface area contributed by atoms with Crippen molar-refractivity contribution < 1.29 is 18.7 Å². The number of benzene rings is 1. The van der Waals surface area contributed by atoms with Crippen LogP contribution in [0.3, 0.4) is 0 Å². The SMILES string of the molecule is CC(C)(C)c1nnc(NC(=O)c2ccc(F)c(O)c2F)s1. The number of aromatic hydroxyl groups is 1. The number of aromatic nitrogens is 2. The van der Waals surface area contributed by atoms with Crippen LogP contribution in [0.15, 0.2) is 12.1 Å². The van der Waals surface area contributed by atoms with E-state index in [1.165, 1.54) is 0 Å². The van der Waals surface area contributed by atoms with Crippen LogP contribution < -0.4 is 5.32 Å². The number of amides is 1. The summed E-state index contributed by atoms with van der Waals surface area (Å²) in [5, 5.41) is 20.2. The fourth-order valence-corrected chi connectivity index (χ4v) is 2.25. The first-order valence-corrected chi connectivity index (χ1v) is 6.84. The van der Waals surface area contributed by atoms with Crippen molar-refractivity contribution in [2.45, 2.75) is 26.2 Å². The standard InChI is InChI=1S/C13H13F2N3O2S/c1-13(2,3)11-17-18-12(21-11)16-10(20)6-4-5-7(14)9(19)8(6)15/h4-5,19H,1-3H3,(H,16,18,20). The number of carbonyl (C=O) groups excluding carboxylic acids is 1. The van der Waals surface area contributed by atoms with Crippen LogP contribution in [-0.4, -0.2) is 21.2 Å². The molecule has 5 nitrogen and oxygen atoms in total. The van der Waals surface area contributed by atoms with Crippen molar-refractivity contribution in [3.63, 3.8) is 0 Å². The monoisotopic (exact) mass is 313 g/mol. The van der Waals surface area contributed by atoms with Gasteiger partial charge in [-0.15, -0.1) is 10.2 Å². The third-order valence-electron chi connectivity index (χ3n) is 2.60. The molecule has 0 atom stereocenters. The Kier molecular flexibility index (Phi) is 3.91. The summed E-state index contributed by atoms with van der Waals surface area (Å²) in [5.41, 5.74) is -0.693.